The van der Waals surface area contributed by atoms with E-state index in [0.29, 0.717) is 12.0 Å². The lowest BCUT2D eigenvalue weighted by atomic mass is 10.0. The predicted molar refractivity (Wildman–Crippen MR) is 54.6 cm³/mol. The Morgan fingerprint density at radius 1 is 1.54 bits per heavy atom. The molecule has 1 heterocycles. The summed E-state index contributed by atoms with van der Waals surface area (Å²) in [4.78, 5) is 4.20. The van der Waals surface area contributed by atoms with Crippen LogP contribution in [-0.2, 0) is 6.54 Å². The van der Waals surface area contributed by atoms with E-state index in [0.717, 1.165) is 12.4 Å². The van der Waals surface area contributed by atoms with E-state index in [4.69, 9.17) is 0 Å². The zero-order valence-electron chi connectivity index (χ0n) is 8.91. The second-order valence-electron chi connectivity index (χ2n) is 3.77. The lowest BCUT2D eigenvalue weighted by Crippen LogP contribution is -2.35. The maximum absolute atomic E-state index is 4.20. The summed E-state index contributed by atoms with van der Waals surface area (Å²) in [7, 11) is 2.01. The van der Waals surface area contributed by atoms with E-state index in [1.807, 2.05) is 26.4 Å². The molecule has 1 aromatic rings. The van der Waals surface area contributed by atoms with Crippen LogP contribution in [0, 0.1) is 12.8 Å². The molecule has 0 amide bonds. The quantitative estimate of drug-likeness (QED) is 0.761. The van der Waals surface area contributed by atoms with Crippen molar-refractivity contribution in [1.29, 1.82) is 0 Å². The minimum atomic E-state index is 0.521. The average Bonchev–Trinajstić information content (AvgIpc) is 2.46. The normalized spacial score (nSPS) is 13.6. The molecular formula is C10H19N3. The SMILES string of the molecule is CNC(Cn1ccnc1C)C(C)C. The van der Waals surface area contributed by atoms with Gasteiger partial charge in [-0.25, -0.2) is 4.98 Å². The molecule has 0 aliphatic carbocycles. The van der Waals surface area contributed by atoms with Crippen LogP contribution in [0.4, 0.5) is 0 Å². The number of nitrogens with zero attached hydrogens (tertiary/aromatic N) is 2. The third-order valence-corrected chi connectivity index (χ3v) is 2.49. The first kappa shape index (κ1) is 10.3. The third kappa shape index (κ3) is 2.56. The van der Waals surface area contributed by atoms with Crippen LogP contribution >= 0.6 is 0 Å². The first-order chi connectivity index (χ1) is 6.15. The molecule has 1 unspecified atom stereocenters. The summed E-state index contributed by atoms with van der Waals surface area (Å²) in [5.74, 6) is 1.73. The lowest BCUT2D eigenvalue weighted by Gasteiger charge is -2.21. The van der Waals surface area contributed by atoms with Gasteiger partial charge in [0.05, 0.1) is 0 Å². The molecule has 0 aliphatic heterocycles. The van der Waals surface area contributed by atoms with Crippen molar-refractivity contribution in [2.24, 2.45) is 5.92 Å². The van der Waals surface area contributed by atoms with Crippen LogP contribution in [0.3, 0.4) is 0 Å². The van der Waals surface area contributed by atoms with Crippen LogP contribution in [0.15, 0.2) is 12.4 Å². The number of likely N-dealkylation sites (N-methyl/N-ethyl adjacent to an activating group) is 1. The number of nitrogens with one attached hydrogen (secondary N) is 1. The van der Waals surface area contributed by atoms with Crippen LogP contribution in [-0.4, -0.2) is 22.6 Å². The highest BCUT2D eigenvalue weighted by molar-refractivity contribution is 4.90. The summed E-state index contributed by atoms with van der Waals surface area (Å²) < 4.78 is 2.18. The highest BCUT2D eigenvalue weighted by Crippen LogP contribution is 2.05. The van der Waals surface area contributed by atoms with Gasteiger partial charge < -0.3 is 9.88 Å². The second-order valence-corrected chi connectivity index (χ2v) is 3.77. The Bertz CT molecular complexity index is 252. The van der Waals surface area contributed by atoms with Crippen LogP contribution < -0.4 is 5.32 Å². The summed E-state index contributed by atoms with van der Waals surface area (Å²) >= 11 is 0. The number of rotatable bonds is 4. The lowest BCUT2D eigenvalue weighted by molar-refractivity contribution is 0.375. The molecule has 0 radical (unpaired) electrons. The van der Waals surface area contributed by atoms with Gasteiger partial charge in [0, 0.05) is 25.0 Å². The van der Waals surface area contributed by atoms with E-state index in [-0.39, 0.29) is 0 Å². The molecule has 3 heteroatoms. The van der Waals surface area contributed by atoms with E-state index in [2.05, 4.69) is 28.7 Å². The molecule has 1 aromatic heterocycles. The Hall–Kier alpha value is -0.830. The Balaban J connectivity index is 2.62. The van der Waals surface area contributed by atoms with E-state index < -0.39 is 0 Å². The molecule has 74 valence electrons. The second kappa shape index (κ2) is 4.42. The summed E-state index contributed by atoms with van der Waals surface area (Å²) in [5, 5.41) is 3.32. The first-order valence-electron chi connectivity index (χ1n) is 4.80. The first-order valence-corrected chi connectivity index (χ1v) is 4.80. The Kier molecular flexibility index (Phi) is 3.48. The molecular weight excluding hydrogens is 162 g/mol. The molecule has 1 rings (SSSR count). The van der Waals surface area contributed by atoms with Crippen molar-refractivity contribution in [2.45, 2.75) is 33.4 Å². The summed E-state index contributed by atoms with van der Waals surface area (Å²) in [5.41, 5.74) is 0. The highest BCUT2D eigenvalue weighted by Gasteiger charge is 2.11. The summed E-state index contributed by atoms with van der Waals surface area (Å²) in [6.07, 6.45) is 3.88. The van der Waals surface area contributed by atoms with E-state index >= 15 is 0 Å². The van der Waals surface area contributed by atoms with Crippen molar-refractivity contribution < 1.29 is 0 Å². The van der Waals surface area contributed by atoms with Crippen molar-refractivity contribution >= 4 is 0 Å². The topological polar surface area (TPSA) is 29.9 Å². The van der Waals surface area contributed by atoms with Gasteiger partial charge in [0.25, 0.3) is 0 Å². The van der Waals surface area contributed by atoms with Gasteiger partial charge in [-0.2, -0.15) is 0 Å². The predicted octanol–water partition coefficient (Wildman–Crippen LogP) is 1.44. The monoisotopic (exact) mass is 181 g/mol. The average molecular weight is 181 g/mol. The van der Waals surface area contributed by atoms with Gasteiger partial charge in [0.15, 0.2) is 0 Å². The Morgan fingerprint density at radius 3 is 2.62 bits per heavy atom. The fraction of sp³-hybridized carbons (Fsp3) is 0.700. The van der Waals surface area contributed by atoms with E-state index in [9.17, 15) is 0 Å². The standard InChI is InChI=1S/C10H19N3/c1-8(2)10(11-4)7-13-6-5-12-9(13)3/h5-6,8,10-11H,7H2,1-4H3. The molecule has 0 saturated carbocycles. The molecule has 13 heavy (non-hydrogen) atoms. The van der Waals surface area contributed by atoms with Crippen molar-refractivity contribution in [3.05, 3.63) is 18.2 Å². The number of aromatic nitrogens is 2. The molecule has 0 bridgehead atoms. The fourth-order valence-electron chi connectivity index (χ4n) is 1.44. The molecule has 1 atom stereocenters. The third-order valence-electron chi connectivity index (χ3n) is 2.49. The minimum absolute atomic E-state index is 0.521. The van der Waals surface area contributed by atoms with E-state index in [1.165, 1.54) is 0 Å². The molecule has 1 N–H and O–H groups in total. The fourth-order valence-corrected chi connectivity index (χ4v) is 1.44. The Morgan fingerprint density at radius 2 is 2.23 bits per heavy atom. The molecule has 0 aromatic carbocycles. The van der Waals surface area contributed by atoms with Crippen LogP contribution in [0.25, 0.3) is 0 Å². The highest BCUT2D eigenvalue weighted by atomic mass is 15.1. The molecule has 3 nitrogen and oxygen atoms in total. The van der Waals surface area contributed by atoms with Gasteiger partial charge in [0.1, 0.15) is 5.82 Å². The van der Waals surface area contributed by atoms with E-state index in [1.54, 1.807) is 0 Å². The number of hydrogen-bond acceptors (Lipinski definition) is 2. The van der Waals surface area contributed by atoms with Crippen molar-refractivity contribution in [1.82, 2.24) is 14.9 Å². The van der Waals surface area contributed by atoms with Crippen molar-refractivity contribution in [3.63, 3.8) is 0 Å². The van der Waals surface area contributed by atoms with Crippen LogP contribution in [0.5, 0.6) is 0 Å². The summed E-state index contributed by atoms with van der Waals surface area (Å²) in [6.45, 7) is 7.49. The van der Waals surface area contributed by atoms with Gasteiger partial charge in [0.2, 0.25) is 0 Å². The molecule has 0 spiro atoms. The van der Waals surface area contributed by atoms with Gasteiger partial charge in [-0.15, -0.1) is 0 Å². The zero-order valence-corrected chi connectivity index (χ0v) is 8.91. The van der Waals surface area contributed by atoms with Crippen LogP contribution in [0.2, 0.25) is 0 Å². The van der Waals surface area contributed by atoms with Gasteiger partial charge in [-0.1, -0.05) is 13.8 Å². The smallest absolute Gasteiger partial charge is 0.105 e. The van der Waals surface area contributed by atoms with Gasteiger partial charge >= 0.3 is 0 Å². The molecule has 0 saturated heterocycles. The largest absolute Gasteiger partial charge is 0.334 e. The number of imidazole rings is 1. The molecule has 0 aliphatic rings. The molecule has 0 fully saturated rings. The van der Waals surface area contributed by atoms with Crippen molar-refractivity contribution in [3.8, 4) is 0 Å². The summed E-state index contributed by atoms with van der Waals surface area (Å²) in [6, 6.07) is 0.521. The number of aryl methyl sites for hydroxylation is 1. The number of hydrogen-bond donors (Lipinski definition) is 1. The zero-order chi connectivity index (χ0) is 9.84. The van der Waals surface area contributed by atoms with Gasteiger partial charge in [-0.3, -0.25) is 0 Å². The maximum Gasteiger partial charge on any atom is 0.105 e. The Labute approximate surface area is 80.2 Å². The maximum atomic E-state index is 4.20. The van der Waals surface area contributed by atoms with Crippen molar-refractivity contribution in [2.75, 3.05) is 7.05 Å². The van der Waals surface area contributed by atoms with Crippen LogP contribution in [0.1, 0.15) is 19.7 Å². The van der Waals surface area contributed by atoms with Gasteiger partial charge in [-0.05, 0) is 19.9 Å². The minimum Gasteiger partial charge on any atom is -0.334 e.